The van der Waals surface area contributed by atoms with Crippen LogP contribution in [0.2, 0.25) is 0 Å². The number of ether oxygens (including phenoxy) is 2. The maximum absolute atomic E-state index is 12.5. The third kappa shape index (κ3) is 39.5. The molecule has 9 nitrogen and oxygen atoms in total. The molecule has 0 fully saturated rings. The number of nitrogens with two attached hydrogens (primary N) is 1. The lowest BCUT2D eigenvalue weighted by atomic mass is 10.0. The van der Waals surface area contributed by atoms with Crippen LogP contribution in [-0.2, 0) is 32.7 Å². The molecule has 0 bridgehead atoms. The molecule has 0 aliphatic rings. The van der Waals surface area contributed by atoms with Crippen LogP contribution < -0.4 is 5.73 Å². The van der Waals surface area contributed by atoms with Crippen molar-refractivity contribution in [1.29, 1.82) is 0 Å². The van der Waals surface area contributed by atoms with Gasteiger partial charge in [0.25, 0.3) is 0 Å². The maximum atomic E-state index is 12.5. The van der Waals surface area contributed by atoms with Crippen LogP contribution in [0.15, 0.2) is 48.6 Å². The zero-order valence-corrected chi connectivity index (χ0v) is 34.6. The topological polar surface area (TPSA) is 134 Å². The Morgan fingerprint density at radius 2 is 1.04 bits per heavy atom. The van der Waals surface area contributed by atoms with Crippen molar-refractivity contribution in [2.75, 3.05) is 26.4 Å². The summed E-state index contributed by atoms with van der Waals surface area (Å²) in [7, 11) is -4.39. The third-order valence-electron chi connectivity index (χ3n) is 8.73. The first-order chi connectivity index (χ1) is 25.8. The Balaban J connectivity index is 4.21. The van der Waals surface area contributed by atoms with E-state index < -0.39 is 32.5 Å². The van der Waals surface area contributed by atoms with Crippen molar-refractivity contribution < 1.29 is 37.6 Å². The Labute approximate surface area is 324 Å². The number of hydrogen-bond donors (Lipinski definition) is 2. The SMILES string of the molecule is CCC=CCC=CCC=CCC=CCCCCC(=O)O[C@H](COC(=O)CCCCCCCCCCCCCCCCCCC)COP(=O)(O)OCCN. The molecule has 0 aromatic heterocycles. The summed E-state index contributed by atoms with van der Waals surface area (Å²) in [5.41, 5.74) is 5.34. The first kappa shape index (κ1) is 51.0. The average Bonchev–Trinajstić information content (AvgIpc) is 3.14. The Morgan fingerprint density at radius 1 is 0.585 bits per heavy atom. The highest BCUT2D eigenvalue weighted by atomic mass is 31.2. The van der Waals surface area contributed by atoms with Crippen LogP contribution in [0.5, 0.6) is 0 Å². The van der Waals surface area contributed by atoms with Gasteiger partial charge in [-0.1, -0.05) is 165 Å². The summed E-state index contributed by atoms with van der Waals surface area (Å²) in [6, 6.07) is 0. The summed E-state index contributed by atoms with van der Waals surface area (Å²) in [5, 5.41) is 0. The summed E-state index contributed by atoms with van der Waals surface area (Å²) in [4.78, 5) is 34.8. The predicted molar refractivity (Wildman–Crippen MR) is 220 cm³/mol. The minimum absolute atomic E-state index is 0.0459. The molecule has 0 aliphatic carbocycles. The van der Waals surface area contributed by atoms with Gasteiger partial charge in [-0.2, -0.15) is 0 Å². The monoisotopic (exact) mass is 768 g/mol. The van der Waals surface area contributed by atoms with E-state index in [1.54, 1.807) is 0 Å². The van der Waals surface area contributed by atoms with Gasteiger partial charge in [0.15, 0.2) is 6.10 Å². The summed E-state index contributed by atoms with van der Waals surface area (Å²) in [5.74, 6) is -0.875. The zero-order valence-electron chi connectivity index (χ0n) is 33.7. The normalized spacial score (nSPS) is 13.8. The van der Waals surface area contributed by atoms with E-state index in [9.17, 15) is 19.0 Å². The molecule has 0 saturated carbocycles. The quantitative estimate of drug-likeness (QED) is 0.0271. The first-order valence-corrected chi connectivity index (χ1v) is 22.6. The number of phosphoric ester groups is 1. The number of hydrogen-bond acceptors (Lipinski definition) is 8. The van der Waals surface area contributed by atoms with Gasteiger partial charge in [-0.25, -0.2) is 4.57 Å². The number of carbonyl (C=O) groups excluding carboxylic acids is 2. The Bertz CT molecular complexity index is 1010. The second-order valence-electron chi connectivity index (χ2n) is 13.8. The first-order valence-electron chi connectivity index (χ1n) is 21.1. The number of esters is 2. The molecule has 3 N–H and O–H groups in total. The molecular formula is C43H78NO8P. The standard InChI is InChI=1S/C43H78NO8P/c1-3-5-7-9-11-13-15-17-19-20-22-23-25-27-29-31-33-35-42(45)49-39-41(40-51-53(47,48)50-38-37-44)52-43(46)36-34-32-30-28-26-24-21-18-16-14-12-10-8-6-4-2/h6,8,12,14,18,21,26,28,41H,3-5,7,9-11,13,15-17,19-20,22-25,27,29-40,44H2,1-2H3,(H,47,48)/t41-/m1/s1. The predicted octanol–water partition coefficient (Wildman–Crippen LogP) is 11.9. The van der Waals surface area contributed by atoms with Gasteiger partial charge in [-0.05, 0) is 51.4 Å². The second-order valence-corrected chi connectivity index (χ2v) is 15.3. The number of allylic oxidation sites excluding steroid dienone is 8. The molecule has 0 saturated heterocycles. The van der Waals surface area contributed by atoms with Crippen molar-refractivity contribution in [2.45, 2.75) is 187 Å². The Hall–Kier alpha value is -2.03. The molecule has 0 amide bonds. The van der Waals surface area contributed by atoms with E-state index in [1.807, 2.05) is 0 Å². The molecule has 308 valence electrons. The van der Waals surface area contributed by atoms with E-state index in [2.05, 4.69) is 62.5 Å². The number of carbonyl (C=O) groups is 2. The van der Waals surface area contributed by atoms with Gasteiger partial charge in [-0.3, -0.25) is 18.6 Å². The Kier molecular flexibility index (Phi) is 38.1. The fourth-order valence-electron chi connectivity index (χ4n) is 5.62. The lowest BCUT2D eigenvalue weighted by molar-refractivity contribution is -0.161. The zero-order chi connectivity index (χ0) is 38.9. The average molecular weight is 768 g/mol. The van der Waals surface area contributed by atoms with Crippen LogP contribution in [0.3, 0.4) is 0 Å². The van der Waals surface area contributed by atoms with E-state index >= 15 is 0 Å². The molecule has 0 aliphatic heterocycles. The molecule has 0 heterocycles. The fraction of sp³-hybridized carbons (Fsp3) is 0.767. The number of rotatable bonds is 39. The number of phosphoric acid groups is 1. The van der Waals surface area contributed by atoms with Gasteiger partial charge in [0, 0.05) is 19.4 Å². The molecule has 0 spiro atoms. The van der Waals surface area contributed by atoms with Gasteiger partial charge in [0.05, 0.1) is 13.2 Å². The minimum atomic E-state index is -4.39. The van der Waals surface area contributed by atoms with Crippen molar-refractivity contribution in [2.24, 2.45) is 5.73 Å². The van der Waals surface area contributed by atoms with E-state index in [1.165, 1.54) is 89.9 Å². The van der Waals surface area contributed by atoms with Crippen molar-refractivity contribution >= 4 is 19.8 Å². The van der Waals surface area contributed by atoms with Crippen LogP contribution in [0.1, 0.15) is 181 Å². The summed E-state index contributed by atoms with van der Waals surface area (Å²) >= 11 is 0. The molecular weight excluding hydrogens is 689 g/mol. The van der Waals surface area contributed by atoms with Crippen molar-refractivity contribution in [3.05, 3.63) is 48.6 Å². The van der Waals surface area contributed by atoms with E-state index in [0.29, 0.717) is 6.42 Å². The third-order valence-corrected chi connectivity index (χ3v) is 9.71. The lowest BCUT2D eigenvalue weighted by Gasteiger charge is -2.19. The Morgan fingerprint density at radius 3 is 1.55 bits per heavy atom. The lowest BCUT2D eigenvalue weighted by Crippen LogP contribution is -2.29. The van der Waals surface area contributed by atoms with Crippen LogP contribution in [0.25, 0.3) is 0 Å². The van der Waals surface area contributed by atoms with Crippen LogP contribution in [0.4, 0.5) is 0 Å². The summed E-state index contributed by atoms with van der Waals surface area (Å²) in [6.07, 6.45) is 44.3. The fourth-order valence-corrected chi connectivity index (χ4v) is 6.39. The van der Waals surface area contributed by atoms with Crippen molar-refractivity contribution in [3.63, 3.8) is 0 Å². The highest BCUT2D eigenvalue weighted by molar-refractivity contribution is 7.47. The van der Waals surface area contributed by atoms with Gasteiger partial charge in [0.2, 0.25) is 0 Å². The molecule has 0 rings (SSSR count). The molecule has 0 aromatic carbocycles. The smallest absolute Gasteiger partial charge is 0.462 e. The molecule has 0 aromatic rings. The summed E-state index contributed by atoms with van der Waals surface area (Å²) in [6.45, 7) is 3.57. The molecule has 1 unspecified atom stereocenters. The van der Waals surface area contributed by atoms with E-state index in [0.717, 1.165) is 57.8 Å². The minimum Gasteiger partial charge on any atom is -0.462 e. The molecule has 2 atom stereocenters. The van der Waals surface area contributed by atoms with E-state index in [-0.39, 0.29) is 32.6 Å². The highest BCUT2D eigenvalue weighted by Crippen LogP contribution is 2.43. The largest absolute Gasteiger partial charge is 0.472 e. The molecule has 0 radical (unpaired) electrons. The van der Waals surface area contributed by atoms with Gasteiger partial charge < -0.3 is 20.1 Å². The van der Waals surface area contributed by atoms with Gasteiger partial charge in [0.1, 0.15) is 6.61 Å². The van der Waals surface area contributed by atoms with Gasteiger partial charge >= 0.3 is 19.8 Å². The molecule has 53 heavy (non-hydrogen) atoms. The van der Waals surface area contributed by atoms with Crippen molar-refractivity contribution in [3.8, 4) is 0 Å². The summed E-state index contributed by atoms with van der Waals surface area (Å²) < 4.78 is 32.7. The van der Waals surface area contributed by atoms with Crippen LogP contribution >= 0.6 is 7.82 Å². The maximum Gasteiger partial charge on any atom is 0.472 e. The highest BCUT2D eigenvalue weighted by Gasteiger charge is 2.25. The number of unbranched alkanes of at least 4 members (excludes halogenated alkanes) is 18. The second kappa shape index (κ2) is 39.7. The van der Waals surface area contributed by atoms with Gasteiger partial charge in [-0.15, -0.1) is 0 Å². The van der Waals surface area contributed by atoms with Crippen LogP contribution in [-0.4, -0.2) is 49.3 Å². The molecule has 10 heteroatoms. The van der Waals surface area contributed by atoms with E-state index in [4.69, 9.17) is 24.3 Å². The van der Waals surface area contributed by atoms with Crippen molar-refractivity contribution in [1.82, 2.24) is 0 Å². The van der Waals surface area contributed by atoms with Crippen LogP contribution in [0, 0.1) is 0 Å².